The monoisotopic (exact) mass is 255 g/mol. The normalized spacial score (nSPS) is 13.7. The maximum absolute atomic E-state index is 11.0. The summed E-state index contributed by atoms with van der Waals surface area (Å²) in [6, 6.07) is 3.28. The van der Waals surface area contributed by atoms with Crippen LogP contribution in [0.15, 0.2) is 18.2 Å². The number of rotatable bonds is 5. The minimum absolute atomic E-state index is 0.0125. The van der Waals surface area contributed by atoms with Crippen molar-refractivity contribution >= 4 is 11.7 Å². The highest BCUT2D eigenvalue weighted by Crippen LogP contribution is 2.25. The number of aliphatic hydroxyl groups excluding tert-OH is 1. The highest BCUT2D eigenvalue weighted by Gasteiger charge is 2.20. The Morgan fingerprint density at radius 2 is 2.06 bits per heavy atom. The Morgan fingerprint density at radius 1 is 1.44 bits per heavy atom. The maximum atomic E-state index is 11.0. The van der Waals surface area contributed by atoms with E-state index in [-0.39, 0.29) is 17.0 Å². The van der Waals surface area contributed by atoms with Crippen molar-refractivity contribution in [1.82, 2.24) is 0 Å². The molecule has 0 aromatic heterocycles. The van der Waals surface area contributed by atoms with Crippen LogP contribution in [0.25, 0.3) is 0 Å². The molecule has 7 heteroatoms. The average molecular weight is 255 g/mol. The van der Waals surface area contributed by atoms with Crippen LogP contribution in [-0.4, -0.2) is 33.3 Å². The molecule has 0 saturated carbocycles. The molecular weight excluding hydrogens is 242 g/mol. The van der Waals surface area contributed by atoms with Crippen molar-refractivity contribution in [2.24, 2.45) is 0 Å². The van der Waals surface area contributed by atoms with Crippen LogP contribution in [0.2, 0.25) is 0 Å². The van der Waals surface area contributed by atoms with Crippen LogP contribution in [0.4, 0.5) is 5.69 Å². The van der Waals surface area contributed by atoms with Crippen LogP contribution in [0, 0.1) is 10.1 Å². The summed E-state index contributed by atoms with van der Waals surface area (Å²) in [5, 5.41) is 28.8. The molecule has 0 spiro atoms. The van der Waals surface area contributed by atoms with Gasteiger partial charge in [0.2, 0.25) is 0 Å². The Balaban J connectivity index is 3.12. The van der Waals surface area contributed by atoms with Crippen LogP contribution in [0.3, 0.4) is 0 Å². The van der Waals surface area contributed by atoms with Gasteiger partial charge in [-0.1, -0.05) is 0 Å². The molecule has 7 nitrogen and oxygen atoms in total. The smallest absolute Gasteiger partial charge is 0.339 e. The fourth-order valence-corrected chi connectivity index (χ4v) is 1.20. The molecule has 1 aromatic carbocycles. The first kappa shape index (κ1) is 13.9. The number of aromatic carboxylic acids is 1. The molecule has 0 aliphatic rings. The van der Waals surface area contributed by atoms with Crippen molar-refractivity contribution < 1.29 is 24.7 Å². The molecule has 98 valence electrons. The van der Waals surface area contributed by atoms with E-state index in [9.17, 15) is 20.0 Å². The SMILES string of the molecule is CC(O)C(C)Oc1ccc([N+](=O)[O-])cc1C(=O)O. The van der Waals surface area contributed by atoms with Gasteiger partial charge in [0.05, 0.1) is 11.0 Å². The zero-order valence-electron chi connectivity index (χ0n) is 9.86. The standard InChI is InChI=1S/C11H13NO6/c1-6(13)7(2)18-10-4-3-8(12(16)17)5-9(10)11(14)15/h3-7,13H,1-2H3,(H,14,15). The summed E-state index contributed by atoms with van der Waals surface area (Å²) in [6.45, 7) is 3.06. The summed E-state index contributed by atoms with van der Waals surface area (Å²) in [6.07, 6.45) is -1.41. The number of nitro benzene ring substituents is 1. The average Bonchev–Trinajstić information content (AvgIpc) is 2.28. The molecule has 2 N–H and O–H groups in total. The lowest BCUT2D eigenvalue weighted by atomic mass is 10.1. The Bertz CT molecular complexity index is 471. The van der Waals surface area contributed by atoms with E-state index in [1.54, 1.807) is 6.92 Å². The largest absolute Gasteiger partial charge is 0.487 e. The third-order valence-corrected chi connectivity index (χ3v) is 2.40. The number of carboxylic acids is 1. The van der Waals surface area contributed by atoms with Gasteiger partial charge in [0.25, 0.3) is 5.69 Å². The van der Waals surface area contributed by atoms with Crippen molar-refractivity contribution in [3.8, 4) is 5.75 Å². The van der Waals surface area contributed by atoms with Crippen LogP contribution in [0.5, 0.6) is 5.75 Å². The van der Waals surface area contributed by atoms with E-state index in [0.29, 0.717) is 0 Å². The Kier molecular flexibility index (Phi) is 4.22. The number of nitrogens with zero attached hydrogens (tertiary/aromatic N) is 1. The van der Waals surface area contributed by atoms with Gasteiger partial charge in [-0.15, -0.1) is 0 Å². The van der Waals surface area contributed by atoms with Gasteiger partial charge in [0.15, 0.2) is 0 Å². The molecule has 0 amide bonds. The van der Waals surface area contributed by atoms with Gasteiger partial charge >= 0.3 is 5.97 Å². The first-order valence-corrected chi connectivity index (χ1v) is 5.19. The summed E-state index contributed by atoms with van der Waals surface area (Å²) in [5.41, 5.74) is -0.638. The Morgan fingerprint density at radius 3 is 2.50 bits per heavy atom. The molecule has 0 heterocycles. The van der Waals surface area contributed by atoms with Gasteiger partial charge in [-0.2, -0.15) is 0 Å². The van der Waals surface area contributed by atoms with Crippen molar-refractivity contribution in [2.75, 3.05) is 0 Å². The van der Waals surface area contributed by atoms with Gasteiger partial charge in [-0.25, -0.2) is 4.79 Å². The number of non-ortho nitro benzene ring substituents is 1. The topological polar surface area (TPSA) is 110 Å². The molecular formula is C11H13NO6. The molecule has 0 saturated heterocycles. The summed E-state index contributed by atoms with van der Waals surface area (Å²) >= 11 is 0. The van der Waals surface area contributed by atoms with Crippen LogP contribution < -0.4 is 4.74 Å². The molecule has 1 rings (SSSR count). The first-order valence-electron chi connectivity index (χ1n) is 5.19. The van der Waals surface area contributed by atoms with Gasteiger partial charge < -0.3 is 14.9 Å². The van der Waals surface area contributed by atoms with E-state index in [1.807, 2.05) is 0 Å². The molecule has 1 aromatic rings. The van der Waals surface area contributed by atoms with Crippen LogP contribution >= 0.6 is 0 Å². The molecule has 0 aliphatic heterocycles. The minimum atomic E-state index is -1.33. The number of hydrogen-bond donors (Lipinski definition) is 2. The fourth-order valence-electron chi connectivity index (χ4n) is 1.20. The second kappa shape index (κ2) is 5.46. The van der Waals surface area contributed by atoms with Crippen LogP contribution in [-0.2, 0) is 0 Å². The minimum Gasteiger partial charge on any atom is -0.487 e. The van der Waals surface area contributed by atoms with E-state index < -0.39 is 23.1 Å². The molecule has 0 fully saturated rings. The summed E-state index contributed by atoms with van der Waals surface area (Å²) in [4.78, 5) is 20.8. The third kappa shape index (κ3) is 3.17. The van der Waals surface area contributed by atoms with Gasteiger partial charge in [0, 0.05) is 12.1 Å². The number of benzene rings is 1. The van der Waals surface area contributed by atoms with Crippen molar-refractivity contribution in [3.63, 3.8) is 0 Å². The van der Waals surface area contributed by atoms with Gasteiger partial charge in [0.1, 0.15) is 17.4 Å². The fraction of sp³-hybridized carbons (Fsp3) is 0.364. The highest BCUT2D eigenvalue weighted by atomic mass is 16.6. The molecule has 0 radical (unpaired) electrons. The van der Waals surface area contributed by atoms with Crippen LogP contribution in [0.1, 0.15) is 24.2 Å². The number of ether oxygens (including phenoxy) is 1. The van der Waals surface area contributed by atoms with Gasteiger partial charge in [-0.3, -0.25) is 10.1 Å². The van der Waals surface area contributed by atoms with Crippen molar-refractivity contribution in [3.05, 3.63) is 33.9 Å². The predicted octanol–water partition coefficient (Wildman–Crippen LogP) is 1.44. The van der Waals surface area contributed by atoms with E-state index in [4.69, 9.17) is 9.84 Å². The lowest BCUT2D eigenvalue weighted by Gasteiger charge is -2.18. The molecule has 0 bridgehead atoms. The van der Waals surface area contributed by atoms with E-state index in [2.05, 4.69) is 0 Å². The number of hydrogen-bond acceptors (Lipinski definition) is 5. The lowest BCUT2D eigenvalue weighted by molar-refractivity contribution is -0.384. The molecule has 2 atom stereocenters. The molecule has 2 unspecified atom stereocenters. The third-order valence-electron chi connectivity index (χ3n) is 2.40. The highest BCUT2D eigenvalue weighted by molar-refractivity contribution is 5.91. The predicted molar refractivity (Wildman–Crippen MR) is 61.8 cm³/mol. The Labute approximate surface area is 103 Å². The Hall–Kier alpha value is -2.15. The molecule has 18 heavy (non-hydrogen) atoms. The second-order valence-electron chi connectivity index (χ2n) is 3.81. The second-order valence-corrected chi connectivity index (χ2v) is 3.81. The summed E-state index contributed by atoms with van der Waals surface area (Å²) in [7, 11) is 0. The summed E-state index contributed by atoms with van der Waals surface area (Å²) < 4.78 is 5.25. The van der Waals surface area contributed by atoms with Gasteiger partial charge in [-0.05, 0) is 19.9 Å². The number of carboxylic acid groups (broad SMARTS) is 1. The van der Waals surface area contributed by atoms with E-state index in [1.165, 1.54) is 13.0 Å². The van der Waals surface area contributed by atoms with E-state index >= 15 is 0 Å². The summed E-state index contributed by atoms with van der Waals surface area (Å²) in [5.74, 6) is -1.34. The zero-order valence-corrected chi connectivity index (χ0v) is 9.86. The van der Waals surface area contributed by atoms with E-state index in [0.717, 1.165) is 12.1 Å². The number of carbonyl (C=O) groups is 1. The first-order chi connectivity index (χ1) is 8.32. The quantitative estimate of drug-likeness (QED) is 0.608. The number of aliphatic hydroxyl groups is 1. The number of nitro groups is 1. The maximum Gasteiger partial charge on any atom is 0.339 e. The molecule has 0 aliphatic carbocycles. The van der Waals surface area contributed by atoms with Crippen molar-refractivity contribution in [1.29, 1.82) is 0 Å². The van der Waals surface area contributed by atoms with Crippen molar-refractivity contribution in [2.45, 2.75) is 26.1 Å². The lowest BCUT2D eigenvalue weighted by Crippen LogP contribution is -2.26. The zero-order chi connectivity index (χ0) is 13.9.